The van der Waals surface area contributed by atoms with E-state index in [4.69, 9.17) is 4.42 Å². The van der Waals surface area contributed by atoms with E-state index in [2.05, 4.69) is 23.2 Å². The van der Waals surface area contributed by atoms with Gasteiger partial charge in [-0.05, 0) is 41.8 Å². The summed E-state index contributed by atoms with van der Waals surface area (Å²) in [5.41, 5.74) is 4.66. The van der Waals surface area contributed by atoms with Crippen LogP contribution in [0.25, 0.3) is 27.9 Å². The van der Waals surface area contributed by atoms with Crippen molar-refractivity contribution in [2.75, 3.05) is 13.1 Å². The molecule has 0 radical (unpaired) electrons. The zero-order chi connectivity index (χ0) is 19.6. The molecule has 0 fully saturated rings. The predicted molar refractivity (Wildman–Crippen MR) is 114 cm³/mol. The minimum atomic E-state index is 0.0276. The summed E-state index contributed by atoms with van der Waals surface area (Å²) in [7, 11) is 0. The van der Waals surface area contributed by atoms with Crippen LogP contribution < -0.4 is 0 Å². The Balaban J connectivity index is 1.49. The molecule has 0 spiro atoms. The maximum Gasteiger partial charge on any atom is 0.254 e. The number of aromatic nitrogens is 1. The lowest BCUT2D eigenvalue weighted by Gasteiger charge is -2.27. The van der Waals surface area contributed by atoms with E-state index in [1.54, 1.807) is 6.26 Å². The smallest absolute Gasteiger partial charge is 0.254 e. The number of furan rings is 1. The minimum absolute atomic E-state index is 0.0276. The van der Waals surface area contributed by atoms with Crippen LogP contribution in [0, 0.1) is 0 Å². The lowest BCUT2D eigenvalue weighted by Crippen LogP contribution is -2.34. The van der Waals surface area contributed by atoms with Gasteiger partial charge in [-0.25, -0.2) is 4.98 Å². The van der Waals surface area contributed by atoms with Crippen LogP contribution in [0.4, 0.5) is 0 Å². The van der Waals surface area contributed by atoms with Gasteiger partial charge in [-0.15, -0.1) is 0 Å². The highest BCUT2D eigenvalue weighted by Crippen LogP contribution is 2.28. The third-order valence-corrected chi connectivity index (χ3v) is 5.36. The maximum absolute atomic E-state index is 13.4. The molecule has 29 heavy (non-hydrogen) atoms. The van der Waals surface area contributed by atoms with Gasteiger partial charge in [0.25, 0.3) is 5.91 Å². The van der Waals surface area contributed by atoms with Gasteiger partial charge in [-0.2, -0.15) is 0 Å². The van der Waals surface area contributed by atoms with E-state index >= 15 is 0 Å². The number of benzene rings is 2. The molecule has 2 aromatic heterocycles. The lowest BCUT2D eigenvalue weighted by molar-refractivity contribution is 0.0775. The fraction of sp³-hybridized carbons (Fsp3) is 0.120. The van der Waals surface area contributed by atoms with Gasteiger partial charge in [0.15, 0.2) is 5.76 Å². The van der Waals surface area contributed by atoms with E-state index in [1.807, 2.05) is 65.6 Å². The molecule has 4 nitrogen and oxygen atoms in total. The first-order chi connectivity index (χ1) is 14.3. The lowest BCUT2D eigenvalue weighted by atomic mass is 9.98. The number of para-hydroxylation sites is 1. The summed E-state index contributed by atoms with van der Waals surface area (Å²) in [6, 6.07) is 23.7. The highest BCUT2D eigenvalue weighted by atomic mass is 16.3. The molecule has 0 saturated heterocycles. The Kier molecular flexibility index (Phi) is 4.45. The summed E-state index contributed by atoms with van der Waals surface area (Å²) < 4.78 is 5.51. The van der Waals surface area contributed by atoms with Gasteiger partial charge in [0.05, 0.1) is 17.3 Å². The van der Waals surface area contributed by atoms with Crippen molar-refractivity contribution in [3.8, 4) is 11.5 Å². The number of hydrogen-bond acceptors (Lipinski definition) is 3. The Morgan fingerprint density at radius 3 is 2.55 bits per heavy atom. The van der Waals surface area contributed by atoms with E-state index in [0.717, 1.165) is 17.3 Å². The summed E-state index contributed by atoms with van der Waals surface area (Å²) in [5.74, 6) is 0.689. The zero-order valence-electron chi connectivity index (χ0n) is 15.9. The molecule has 0 atom stereocenters. The number of pyridine rings is 1. The molecule has 1 amide bonds. The summed E-state index contributed by atoms with van der Waals surface area (Å²) in [5, 5.41) is 0.866. The second kappa shape index (κ2) is 7.40. The summed E-state index contributed by atoms with van der Waals surface area (Å²) >= 11 is 0. The molecule has 1 aliphatic heterocycles. The van der Waals surface area contributed by atoms with Gasteiger partial charge >= 0.3 is 0 Å². The first-order valence-corrected chi connectivity index (χ1v) is 9.77. The van der Waals surface area contributed by atoms with Crippen LogP contribution in [0.2, 0.25) is 0 Å². The molecule has 5 rings (SSSR count). The summed E-state index contributed by atoms with van der Waals surface area (Å²) in [6.45, 7) is 1.31. The first-order valence-electron chi connectivity index (χ1n) is 9.77. The van der Waals surface area contributed by atoms with E-state index in [1.165, 1.54) is 11.1 Å². The van der Waals surface area contributed by atoms with Gasteiger partial charge < -0.3 is 9.32 Å². The maximum atomic E-state index is 13.4. The third kappa shape index (κ3) is 3.34. The molecule has 3 heterocycles. The topological polar surface area (TPSA) is 46.3 Å². The molecule has 0 aliphatic carbocycles. The van der Waals surface area contributed by atoms with Crippen molar-refractivity contribution in [1.29, 1.82) is 0 Å². The summed E-state index contributed by atoms with van der Waals surface area (Å²) in [6.07, 6.45) is 4.63. The molecule has 0 bridgehead atoms. The van der Waals surface area contributed by atoms with Gasteiger partial charge in [-0.1, -0.05) is 54.6 Å². The second-order valence-corrected chi connectivity index (χ2v) is 7.15. The van der Waals surface area contributed by atoms with Gasteiger partial charge in [0.2, 0.25) is 0 Å². The molecule has 2 aromatic carbocycles. The standard InChI is InChI=1S/C25H20N2O2/c28-25(27-14-12-19(13-15-27)18-7-2-1-3-8-18)21-17-23(24-11-6-16-29-24)26-22-10-5-4-9-20(21)22/h1-12,16-17H,13-15H2. The number of carbonyl (C=O) groups excluding carboxylic acids is 1. The summed E-state index contributed by atoms with van der Waals surface area (Å²) in [4.78, 5) is 20.0. The van der Waals surface area contributed by atoms with Crippen molar-refractivity contribution in [3.05, 3.63) is 96.3 Å². The van der Waals surface area contributed by atoms with Crippen LogP contribution in [0.1, 0.15) is 22.3 Å². The average molecular weight is 380 g/mol. The van der Waals surface area contributed by atoms with E-state index in [0.29, 0.717) is 30.1 Å². The Bertz CT molecular complexity index is 1190. The van der Waals surface area contributed by atoms with E-state index < -0.39 is 0 Å². The molecule has 0 saturated carbocycles. The Morgan fingerprint density at radius 2 is 1.79 bits per heavy atom. The second-order valence-electron chi connectivity index (χ2n) is 7.15. The van der Waals surface area contributed by atoms with Crippen LogP contribution in [0.3, 0.4) is 0 Å². The first kappa shape index (κ1) is 17.4. The third-order valence-electron chi connectivity index (χ3n) is 5.36. The van der Waals surface area contributed by atoms with Crippen LogP contribution >= 0.6 is 0 Å². The van der Waals surface area contributed by atoms with Crippen LogP contribution in [0.5, 0.6) is 0 Å². The monoisotopic (exact) mass is 380 g/mol. The minimum Gasteiger partial charge on any atom is -0.463 e. The molecule has 1 aliphatic rings. The van der Waals surface area contributed by atoms with Crippen molar-refractivity contribution >= 4 is 22.4 Å². The van der Waals surface area contributed by atoms with Crippen molar-refractivity contribution in [2.45, 2.75) is 6.42 Å². The molecule has 0 unspecified atom stereocenters. The van der Waals surface area contributed by atoms with Crippen molar-refractivity contribution in [2.24, 2.45) is 0 Å². The van der Waals surface area contributed by atoms with Gasteiger partial charge in [0, 0.05) is 18.5 Å². The molecule has 4 aromatic rings. The Morgan fingerprint density at radius 1 is 0.966 bits per heavy atom. The quantitative estimate of drug-likeness (QED) is 0.476. The molecular weight excluding hydrogens is 360 g/mol. The largest absolute Gasteiger partial charge is 0.463 e. The van der Waals surface area contributed by atoms with Crippen molar-refractivity contribution < 1.29 is 9.21 Å². The highest BCUT2D eigenvalue weighted by molar-refractivity contribution is 6.07. The Hall–Kier alpha value is -3.66. The predicted octanol–water partition coefficient (Wildman–Crippen LogP) is 5.42. The molecule has 0 N–H and O–H groups in total. The van der Waals surface area contributed by atoms with E-state index in [-0.39, 0.29) is 5.91 Å². The van der Waals surface area contributed by atoms with Gasteiger partial charge in [-0.3, -0.25) is 4.79 Å². The highest BCUT2D eigenvalue weighted by Gasteiger charge is 2.22. The molecule has 142 valence electrons. The van der Waals surface area contributed by atoms with Crippen molar-refractivity contribution in [3.63, 3.8) is 0 Å². The number of carbonyl (C=O) groups is 1. The SMILES string of the molecule is O=C(c1cc(-c2ccco2)nc2ccccc12)N1CC=C(c2ccccc2)CC1. The van der Waals surface area contributed by atoms with Crippen LogP contribution in [-0.4, -0.2) is 28.9 Å². The normalized spacial score (nSPS) is 14.1. The average Bonchev–Trinajstić information content (AvgIpc) is 3.34. The number of nitrogens with zero attached hydrogens (tertiary/aromatic N) is 2. The number of fused-ring (bicyclic) bond motifs is 1. The fourth-order valence-corrected chi connectivity index (χ4v) is 3.84. The van der Waals surface area contributed by atoms with E-state index in [9.17, 15) is 4.79 Å². The fourth-order valence-electron chi connectivity index (χ4n) is 3.84. The van der Waals surface area contributed by atoms with Crippen molar-refractivity contribution in [1.82, 2.24) is 9.88 Å². The Labute approximate surface area is 169 Å². The number of rotatable bonds is 3. The van der Waals surface area contributed by atoms with Crippen LogP contribution in [0.15, 0.2) is 89.6 Å². The van der Waals surface area contributed by atoms with Crippen LogP contribution in [-0.2, 0) is 0 Å². The number of hydrogen-bond donors (Lipinski definition) is 0. The molecule has 4 heteroatoms. The van der Waals surface area contributed by atoms with Gasteiger partial charge in [0.1, 0.15) is 5.69 Å². The number of amides is 1. The zero-order valence-corrected chi connectivity index (χ0v) is 15.9. The molecular formula is C25H20N2O2.